The highest BCUT2D eigenvalue weighted by atomic mass is 35.5. The van der Waals surface area contributed by atoms with Gasteiger partial charge in [-0.1, -0.05) is 35.3 Å². The molecule has 1 aromatic heterocycles. The van der Waals surface area contributed by atoms with Crippen LogP contribution in [0, 0.1) is 0 Å². The van der Waals surface area contributed by atoms with Gasteiger partial charge in [0.2, 0.25) is 0 Å². The Bertz CT molecular complexity index is 500. The molecule has 1 aromatic carbocycles. The molecular weight excluding hydrogens is 247 g/mol. The summed E-state index contributed by atoms with van der Waals surface area (Å²) in [6, 6.07) is 8.57. The molecule has 3 nitrogen and oxygen atoms in total. The van der Waals surface area contributed by atoms with E-state index in [0.29, 0.717) is 11.4 Å². The number of rotatable bonds is 2. The molecule has 0 bridgehead atoms. The van der Waals surface area contributed by atoms with Crippen LogP contribution in [0.15, 0.2) is 30.3 Å². The van der Waals surface area contributed by atoms with E-state index in [4.69, 9.17) is 28.3 Å². The number of phenolic OH excluding ortho intramolecular Hbond substituents is 1. The minimum Gasteiger partial charge on any atom is -0.508 e. The largest absolute Gasteiger partial charge is 0.508 e. The number of aromatic hydroxyl groups is 1. The Kier molecular flexibility index (Phi) is 3.27. The van der Waals surface area contributed by atoms with E-state index in [1.807, 2.05) is 12.1 Å². The lowest BCUT2D eigenvalue weighted by atomic mass is 10.1. The molecule has 82 valence electrons. The topological polar surface area (TPSA) is 46.0 Å². The Morgan fingerprint density at radius 1 is 1.06 bits per heavy atom. The molecule has 0 saturated heterocycles. The zero-order valence-electron chi connectivity index (χ0n) is 8.19. The Hall–Kier alpha value is -1.32. The highest BCUT2D eigenvalue weighted by Gasteiger charge is 2.03. The van der Waals surface area contributed by atoms with Crippen molar-refractivity contribution in [1.29, 1.82) is 0 Å². The number of hydrogen-bond donors (Lipinski definition) is 1. The Morgan fingerprint density at radius 2 is 1.75 bits per heavy atom. The standard InChI is InChI=1S/C11H8Cl2N2O/c12-10-6-8(14-15-11(10)13)5-7-1-3-9(16)4-2-7/h1-4,6,16H,5H2. The summed E-state index contributed by atoms with van der Waals surface area (Å²) in [6.45, 7) is 0. The lowest BCUT2D eigenvalue weighted by molar-refractivity contribution is 0.475. The van der Waals surface area contributed by atoms with E-state index in [9.17, 15) is 0 Å². The van der Waals surface area contributed by atoms with Crippen molar-refractivity contribution < 1.29 is 5.11 Å². The van der Waals surface area contributed by atoms with Crippen LogP contribution in [0.3, 0.4) is 0 Å². The highest BCUT2D eigenvalue weighted by Crippen LogP contribution is 2.20. The smallest absolute Gasteiger partial charge is 0.170 e. The van der Waals surface area contributed by atoms with Gasteiger partial charge in [-0.3, -0.25) is 0 Å². The third-order valence-electron chi connectivity index (χ3n) is 2.08. The van der Waals surface area contributed by atoms with Gasteiger partial charge in [0.05, 0.1) is 10.7 Å². The van der Waals surface area contributed by atoms with Crippen LogP contribution in [0.2, 0.25) is 10.2 Å². The molecule has 2 aromatic rings. The predicted octanol–water partition coefficient (Wildman–Crippen LogP) is 3.08. The van der Waals surface area contributed by atoms with E-state index in [0.717, 1.165) is 11.3 Å². The number of nitrogens with zero attached hydrogens (tertiary/aromatic N) is 2. The van der Waals surface area contributed by atoms with Gasteiger partial charge < -0.3 is 5.11 Å². The lowest BCUT2D eigenvalue weighted by Crippen LogP contribution is -1.95. The second kappa shape index (κ2) is 4.68. The van der Waals surface area contributed by atoms with Crippen LogP contribution in [0.5, 0.6) is 5.75 Å². The van der Waals surface area contributed by atoms with Gasteiger partial charge in [0.1, 0.15) is 5.75 Å². The van der Waals surface area contributed by atoms with E-state index in [1.165, 1.54) is 0 Å². The summed E-state index contributed by atoms with van der Waals surface area (Å²) in [5.74, 6) is 0.240. The summed E-state index contributed by atoms with van der Waals surface area (Å²) in [6.07, 6.45) is 0.601. The summed E-state index contributed by atoms with van der Waals surface area (Å²) in [7, 11) is 0. The van der Waals surface area contributed by atoms with Crippen molar-refractivity contribution in [3.63, 3.8) is 0 Å². The van der Waals surface area contributed by atoms with E-state index >= 15 is 0 Å². The van der Waals surface area contributed by atoms with E-state index in [1.54, 1.807) is 18.2 Å². The van der Waals surface area contributed by atoms with E-state index in [2.05, 4.69) is 10.2 Å². The van der Waals surface area contributed by atoms with Crippen molar-refractivity contribution >= 4 is 23.2 Å². The molecule has 0 aliphatic carbocycles. The fraction of sp³-hybridized carbons (Fsp3) is 0.0909. The van der Waals surface area contributed by atoms with Gasteiger partial charge in [-0.05, 0) is 23.8 Å². The molecule has 0 aliphatic rings. The molecule has 0 spiro atoms. The maximum Gasteiger partial charge on any atom is 0.170 e. The van der Waals surface area contributed by atoms with E-state index in [-0.39, 0.29) is 10.9 Å². The molecule has 0 aliphatic heterocycles. The number of hydrogen-bond acceptors (Lipinski definition) is 3. The zero-order chi connectivity index (χ0) is 11.5. The molecule has 2 rings (SSSR count). The quantitative estimate of drug-likeness (QED) is 0.896. The van der Waals surface area contributed by atoms with Gasteiger partial charge in [-0.2, -0.15) is 5.10 Å². The van der Waals surface area contributed by atoms with Crippen molar-refractivity contribution in [3.8, 4) is 5.75 Å². The molecule has 1 heterocycles. The molecule has 16 heavy (non-hydrogen) atoms. The van der Waals surface area contributed by atoms with Gasteiger partial charge in [0, 0.05) is 6.42 Å². The third-order valence-corrected chi connectivity index (χ3v) is 2.74. The lowest BCUT2D eigenvalue weighted by Gasteiger charge is -2.01. The van der Waals surface area contributed by atoms with Gasteiger partial charge in [0.25, 0.3) is 0 Å². The second-order valence-electron chi connectivity index (χ2n) is 3.32. The minimum atomic E-state index is 0.205. The van der Waals surface area contributed by atoms with Gasteiger partial charge in [-0.15, -0.1) is 5.10 Å². The average molecular weight is 255 g/mol. The number of phenols is 1. The molecule has 0 atom stereocenters. The summed E-state index contributed by atoms with van der Waals surface area (Å²) < 4.78 is 0. The van der Waals surface area contributed by atoms with Crippen LogP contribution in [0.25, 0.3) is 0 Å². The third kappa shape index (κ3) is 2.62. The van der Waals surface area contributed by atoms with Crippen molar-refractivity contribution in [2.24, 2.45) is 0 Å². The number of benzene rings is 1. The molecule has 0 radical (unpaired) electrons. The summed E-state index contributed by atoms with van der Waals surface area (Å²) in [5, 5.41) is 17.4. The van der Waals surface area contributed by atoms with Crippen LogP contribution in [0.1, 0.15) is 11.3 Å². The van der Waals surface area contributed by atoms with Crippen molar-refractivity contribution in [2.75, 3.05) is 0 Å². The van der Waals surface area contributed by atoms with Crippen molar-refractivity contribution in [2.45, 2.75) is 6.42 Å². The SMILES string of the molecule is Oc1ccc(Cc2cc(Cl)c(Cl)nn2)cc1. The maximum atomic E-state index is 9.14. The van der Waals surface area contributed by atoms with Gasteiger partial charge >= 0.3 is 0 Å². The first-order chi connectivity index (χ1) is 7.65. The molecule has 0 amide bonds. The normalized spacial score (nSPS) is 10.4. The first-order valence-corrected chi connectivity index (χ1v) is 5.36. The van der Waals surface area contributed by atoms with Crippen molar-refractivity contribution in [3.05, 3.63) is 51.8 Å². The summed E-state index contributed by atoms with van der Waals surface area (Å²) >= 11 is 11.5. The number of halogens is 2. The Balaban J connectivity index is 2.20. The van der Waals surface area contributed by atoms with Crippen LogP contribution in [0.4, 0.5) is 0 Å². The van der Waals surface area contributed by atoms with Crippen molar-refractivity contribution in [1.82, 2.24) is 10.2 Å². The molecular formula is C11H8Cl2N2O. The van der Waals surface area contributed by atoms with Crippen LogP contribution in [-0.4, -0.2) is 15.3 Å². The summed E-state index contributed by atoms with van der Waals surface area (Å²) in [4.78, 5) is 0. The van der Waals surface area contributed by atoms with E-state index < -0.39 is 0 Å². The Labute approximate surface area is 103 Å². The minimum absolute atomic E-state index is 0.205. The fourth-order valence-electron chi connectivity index (χ4n) is 1.30. The monoisotopic (exact) mass is 254 g/mol. The average Bonchev–Trinajstić information content (AvgIpc) is 2.27. The van der Waals surface area contributed by atoms with Crippen LogP contribution >= 0.6 is 23.2 Å². The summed E-state index contributed by atoms with van der Waals surface area (Å²) in [5.41, 5.74) is 1.76. The molecule has 5 heteroatoms. The molecule has 0 saturated carbocycles. The first-order valence-electron chi connectivity index (χ1n) is 4.60. The Morgan fingerprint density at radius 3 is 2.38 bits per heavy atom. The maximum absolute atomic E-state index is 9.14. The first kappa shape index (κ1) is 11.2. The zero-order valence-corrected chi connectivity index (χ0v) is 9.70. The second-order valence-corrected chi connectivity index (χ2v) is 4.08. The molecule has 1 N–H and O–H groups in total. The van der Waals surface area contributed by atoms with Crippen LogP contribution < -0.4 is 0 Å². The van der Waals surface area contributed by atoms with Gasteiger partial charge in [0.15, 0.2) is 5.15 Å². The fourth-order valence-corrected chi connectivity index (χ4v) is 1.56. The van der Waals surface area contributed by atoms with Crippen LogP contribution in [-0.2, 0) is 6.42 Å². The highest BCUT2D eigenvalue weighted by molar-refractivity contribution is 6.41. The molecule has 0 fully saturated rings. The van der Waals surface area contributed by atoms with Gasteiger partial charge in [-0.25, -0.2) is 0 Å². The number of aromatic nitrogens is 2. The molecule has 0 unspecified atom stereocenters. The predicted molar refractivity (Wildman–Crippen MR) is 63.0 cm³/mol.